The van der Waals surface area contributed by atoms with Gasteiger partial charge in [0.1, 0.15) is 5.56 Å². The predicted octanol–water partition coefficient (Wildman–Crippen LogP) is 2.09. The third-order valence-corrected chi connectivity index (χ3v) is 6.63. The van der Waals surface area contributed by atoms with E-state index in [9.17, 15) is 19.5 Å². The van der Waals surface area contributed by atoms with Crippen molar-refractivity contribution in [2.75, 3.05) is 0 Å². The zero-order valence-electron chi connectivity index (χ0n) is 17.5. The van der Waals surface area contributed by atoms with Crippen LogP contribution < -0.4 is 10.7 Å². The monoisotopic (exact) mass is 423 g/mol. The number of aryl methyl sites for hydroxylation is 1. The van der Waals surface area contributed by atoms with Gasteiger partial charge in [0.15, 0.2) is 17.7 Å². The second-order valence-electron chi connectivity index (χ2n) is 8.72. The number of ether oxygens (including phenoxy) is 1. The van der Waals surface area contributed by atoms with Gasteiger partial charge in [0, 0.05) is 12.2 Å². The Bertz CT molecular complexity index is 1120. The molecule has 2 amide bonds. The third kappa shape index (κ3) is 3.22. The molecule has 2 aliphatic heterocycles. The standard InChI is InChI=1S/C23H25N3O5/c1-12-3-5-14(6-4-12)13(2)24-22(29)17-10-25-11-18-26(15-7-8-16(9-15)31-18)23(30)19(25)21(28)20(17)27/h3-6,10,13,15-16,18,28H,7-9,11H2,1-2H3,(H,24,29)/t13-,15-,16+,18+/m1/s1. The van der Waals surface area contributed by atoms with Gasteiger partial charge < -0.3 is 24.6 Å². The van der Waals surface area contributed by atoms with Crippen molar-refractivity contribution in [3.05, 3.63) is 63.1 Å². The van der Waals surface area contributed by atoms with Crippen LogP contribution in [0.25, 0.3) is 0 Å². The Labute approximate surface area is 179 Å². The highest BCUT2D eigenvalue weighted by Gasteiger charge is 2.47. The molecule has 1 aromatic heterocycles. The molecule has 5 rings (SSSR count). The van der Waals surface area contributed by atoms with Crippen molar-refractivity contribution in [1.82, 2.24) is 14.8 Å². The minimum absolute atomic E-state index is 0.0674. The highest BCUT2D eigenvalue weighted by Crippen LogP contribution is 2.38. The first-order chi connectivity index (χ1) is 14.8. The molecular formula is C23H25N3O5. The molecule has 2 N–H and O–H groups in total. The van der Waals surface area contributed by atoms with Crippen molar-refractivity contribution >= 4 is 11.8 Å². The summed E-state index contributed by atoms with van der Waals surface area (Å²) in [7, 11) is 0. The predicted molar refractivity (Wildman–Crippen MR) is 112 cm³/mol. The summed E-state index contributed by atoms with van der Waals surface area (Å²) in [4.78, 5) is 40.4. The highest BCUT2D eigenvalue weighted by molar-refractivity contribution is 5.99. The number of nitrogens with one attached hydrogen (secondary N) is 1. The minimum Gasteiger partial charge on any atom is -0.503 e. The van der Waals surface area contributed by atoms with E-state index in [4.69, 9.17) is 4.74 Å². The zero-order valence-corrected chi connectivity index (χ0v) is 17.5. The van der Waals surface area contributed by atoms with E-state index in [1.807, 2.05) is 38.1 Å². The first kappa shape index (κ1) is 19.8. The van der Waals surface area contributed by atoms with Crippen molar-refractivity contribution in [3.8, 4) is 5.75 Å². The Balaban J connectivity index is 1.45. The summed E-state index contributed by atoms with van der Waals surface area (Å²) in [6, 6.07) is 7.47. The van der Waals surface area contributed by atoms with E-state index in [1.165, 1.54) is 10.8 Å². The van der Waals surface area contributed by atoms with E-state index in [0.717, 1.165) is 30.4 Å². The molecule has 1 aromatic carbocycles. The van der Waals surface area contributed by atoms with Gasteiger partial charge >= 0.3 is 0 Å². The number of aromatic hydroxyl groups is 1. The molecule has 2 aromatic rings. The largest absolute Gasteiger partial charge is 0.503 e. The van der Waals surface area contributed by atoms with Gasteiger partial charge in [-0.25, -0.2) is 0 Å². The molecule has 1 aliphatic carbocycles. The first-order valence-corrected chi connectivity index (χ1v) is 10.7. The zero-order chi connectivity index (χ0) is 21.9. The molecule has 4 atom stereocenters. The Kier molecular flexibility index (Phi) is 4.62. The molecule has 3 aliphatic rings. The molecule has 2 fully saturated rings. The van der Waals surface area contributed by atoms with Crippen LogP contribution in [0, 0.1) is 6.92 Å². The minimum atomic E-state index is -0.839. The molecule has 8 nitrogen and oxygen atoms in total. The summed E-state index contributed by atoms with van der Waals surface area (Å²) in [6.45, 7) is 4.08. The summed E-state index contributed by atoms with van der Waals surface area (Å²) in [5.41, 5.74) is 0.905. The molecule has 3 heterocycles. The van der Waals surface area contributed by atoms with Crippen molar-refractivity contribution < 1.29 is 19.4 Å². The molecule has 8 heteroatoms. The number of rotatable bonds is 3. The lowest BCUT2D eigenvalue weighted by Gasteiger charge is -2.44. The number of amides is 2. The van der Waals surface area contributed by atoms with Gasteiger partial charge in [-0.3, -0.25) is 14.4 Å². The van der Waals surface area contributed by atoms with Gasteiger partial charge in [-0.15, -0.1) is 0 Å². The number of carbonyl (C=O) groups excluding carboxylic acids is 2. The van der Waals surface area contributed by atoms with Gasteiger partial charge in [-0.05, 0) is 38.7 Å². The lowest BCUT2D eigenvalue weighted by Crippen LogP contribution is -2.57. The number of nitrogens with zero attached hydrogens (tertiary/aromatic N) is 2. The number of hydrogen-bond acceptors (Lipinski definition) is 5. The summed E-state index contributed by atoms with van der Waals surface area (Å²) >= 11 is 0. The molecule has 1 saturated carbocycles. The van der Waals surface area contributed by atoms with E-state index >= 15 is 0 Å². The van der Waals surface area contributed by atoms with Gasteiger partial charge in [-0.2, -0.15) is 0 Å². The van der Waals surface area contributed by atoms with Gasteiger partial charge in [0.2, 0.25) is 5.43 Å². The number of pyridine rings is 1. The fourth-order valence-electron chi connectivity index (χ4n) is 4.93. The second kappa shape index (κ2) is 7.23. The maximum Gasteiger partial charge on any atom is 0.276 e. The number of aromatic nitrogens is 1. The van der Waals surface area contributed by atoms with Crippen molar-refractivity contribution in [2.24, 2.45) is 0 Å². The van der Waals surface area contributed by atoms with Crippen LogP contribution in [0.2, 0.25) is 0 Å². The van der Waals surface area contributed by atoms with Crippen molar-refractivity contribution in [2.45, 2.75) is 64.1 Å². The van der Waals surface area contributed by atoms with Crippen LogP contribution >= 0.6 is 0 Å². The normalized spacial score (nSPS) is 25.0. The summed E-state index contributed by atoms with van der Waals surface area (Å²) in [5, 5.41) is 13.4. The SMILES string of the molecule is Cc1ccc([C@@H](C)NC(=O)c2cn3c(c(O)c2=O)C(=O)N2[C@@H]4CC[C@@H](C4)O[C@H]2C3)cc1. The van der Waals surface area contributed by atoms with Crippen LogP contribution in [0.4, 0.5) is 0 Å². The van der Waals surface area contributed by atoms with Crippen LogP contribution in [0.5, 0.6) is 5.75 Å². The molecule has 162 valence electrons. The second-order valence-corrected chi connectivity index (χ2v) is 8.72. The Morgan fingerprint density at radius 3 is 2.71 bits per heavy atom. The molecule has 0 unspecified atom stereocenters. The topological polar surface area (TPSA) is 101 Å². The fourth-order valence-corrected chi connectivity index (χ4v) is 4.93. The number of benzene rings is 1. The Morgan fingerprint density at radius 1 is 1.23 bits per heavy atom. The Morgan fingerprint density at radius 2 is 1.97 bits per heavy atom. The summed E-state index contributed by atoms with van der Waals surface area (Å²) in [5.74, 6) is -1.70. The van der Waals surface area contributed by atoms with E-state index in [1.54, 1.807) is 4.90 Å². The molecule has 1 saturated heterocycles. The van der Waals surface area contributed by atoms with Gasteiger partial charge in [-0.1, -0.05) is 29.8 Å². The quantitative estimate of drug-likeness (QED) is 0.787. The lowest BCUT2D eigenvalue weighted by atomic mass is 10.0. The summed E-state index contributed by atoms with van der Waals surface area (Å²) in [6.07, 6.45) is 3.58. The fraction of sp³-hybridized carbons (Fsp3) is 0.435. The smallest absolute Gasteiger partial charge is 0.276 e. The molecule has 0 radical (unpaired) electrons. The van der Waals surface area contributed by atoms with Crippen LogP contribution in [-0.2, 0) is 11.3 Å². The van der Waals surface area contributed by atoms with Crippen LogP contribution in [0.3, 0.4) is 0 Å². The maximum atomic E-state index is 13.1. The van der Waals surface area contributed by atoms with E-state index in [-0.39, 0.29) is 36.0 Å². The lowest BCUT2D eigenvalue weighted by molar-refractivity contribution is -0.132. The van der Waals surface area contributed by atoms with Crippen LogP contribution in [0.15, 0.2) is 35.3 Å². The molecule has 31 heavy (non-hydrogen) atoms. The number of fused-ring (bicyclic) bond motifs is 5. The average molecular weight is 423 g/mol. The van der Waals surface area contributed by atoms with Gasteiger partial charge in [0.25, 0.3) is 11.8 Å². The highest BCUT2D eigenvalue weighted by atomic mass is 16.5. The average Bonchev–Trinajstić information content (AvgIpc) is 3.11. The number of carbonyl (C=O) groups is 2. The van der Waals surface area contributed by atoms with Crippen LogP contribution in [0.1, 0.15) is 64.2 Å². The Hall–Kier alpha value is -3.13. The molecular weight excluding hydrogens is 398 g/mol. The van der Waals surface area contributed by atoms with E-state index in [0.29, 0.717) is 0 Å². The van der Waals surface area contributed by atoms with E-state index < -0.39 is 29.2 Å². The summed E-state index contributed by atoms with van der Waals surface area (Å²) < 4.78 is 7.52. The van der Waals surface area contributed by atoms with Crippen LogP contribution in [-0.4, -0.2) is 44.8 Å². The maximum absolute atomic E-state index is 13.1. The van der Waals surface area contributed by atoms with Gasteiger partial charge in [0.05, 0.1) is 18.7 Å². The van der Waals surface area contributed by atoms with Crippen molar-refractivity contribution in [1.29, 1.82) is 0 Å². The van der Waals surface area contributed by atoms with E-state index in [2.05, 4.69) is 5.32 Å². The van der Waals surface area contributed by atoms with Crippen molar-refractivity contribution in [3.63, 3.8) is 0 Å². The first-order valence-electron chi connectivity index (χ1n) is 10.7. The molecule has 2 bridgehead atoms. The number of hydrogen-bond donors (Lipinski definition) is 2. The molecule has 0 spiro atoms. The third-order valence-electron chi connectivity index (χ3n) is 6.63.